The van der Waals surface area contributed by atoms with Gasteiger partial charge in [0.05, 0.1) is 23.8 Å². The van der Waals surface area contributed by atoms with Gasteiger partial charge in [0.15, 0.2) is 0 Å². The van der Waals surface area contributed by atoms with Gasteiger partial charge in [-0.15, -0.1) is 0 Å². The molecule has 1 aromatic carbocycles. The van der Waals surface area contributed by atoms with Crippen LogP contribution in [0.25, 0.3) is 0 Å². The molecular formula is C17H23NO6S. The summed E-state index contributed by atoms with van der Waals surface area (Å²) in [5.74, 6) is -1.80. The van der Waals surface area contributed by atoms with E-state index in [-0.39, 0.29) is 17.9 Å². The lowest BCUT2D eigenvalue weighted by molar-refractivity contribution is -0.153. The summed E-state index contributed by atoms with van der Waals surface area (Å²) in [6.45, 7) is 0.0412. The number of aromatic carboxylic acids is 1. The second-order valence-electron chi connectivity index (χ2n) is 6.41. The molecule has 1 aliphatic rings. The van der Waals surface area contributed by atoms with E-state index in [2.05, 4.69) is 4.72 Å². The van der Waals surface area contributed by atoms with Crippen LogP contribution in [0.4, 0.5) is 0 Å². The fourth-order valence-corrected chi connectivity index (χ4v) is 4.85. The molecule has 0 bridgehead atoms. The van der Waals surface area contributed by atoms with Gasteiger partial charge in [-0.3, -0.25) is 4.79 Å². The van der Waals surface area contributed by atoms with Crippen molar-refractivity contribution >= 4 is 22.0 Å². The summed E-state index contributed by atoms with van der Waals surface area (Å²) in [5, 5.41) is 8.87. The van der Waals surface area contributed by atoms with Crippen LogP contribution in [0.3, 0.4) is 0 Å². The number of carboxylic acid groups (broad SMARTS) is 1. The molecule has 0 atom stereocenters. The zero-order valence-electron chi connectivity index (χ0n) is 14.2. The predicted octanol–water partition coefficient (Wildman–Crippen LogP) is 1.93. The highest BCUT2D eigenvalue weighted by molar-refractivity contribution is 7.89. The van der Waals surface area contributed by atoms with Crippen molar-refractivity contribution < 1.29 is 27.9 Å². The second-order valence-corrected chi connectivity index (χ2v) is 8.22. The summed E-state index contributed by atoms with van der Waals surface area (Å²) in [5.41, 5.74) is -0.200. The third kappa shape index (κ3) is 5.02. The molecule has 2 N–H and O–H groups in total. The lowest BCUT2D eigenvalue weighted by atomic mass is 9.75. The average molecular weight is 369 g/mol. The fraction of sp³-hybridized carbons (Fsp3) is 0.529. The lowest BCUT2D eigenvalue weighted by Crippen LogP contribution is -2.44. The minimum Gasteiger partial charge on any atom is -0.478 e. The van der Waals surface area contributed by atoms with E-state index in [9.17, 15) is 18.0 Å². The minimum absolute atomic E-state index is 0.0412. The topological polar surface area (TPSA) is 110 Å². The molecule has 0 aliphatic heterocycles. The Labute approximate surface area is 147 Å². The molecule has 0 spiro atoms. The number of carbonyl (C=O) groups is 2. The normalized spacial score (nSPS) is 17.0. The summed E-state index contributed by atoms with van der Waals surface area (Å²) in [6, 6.07) is 5.96. The van der Waals surface area contributed by atoms with Crippen molar-refractivity contribution in [1.29, 1.82) is 0 Å². The van der Waals surface area contributed by atoms with Crippen LogP contribution in [0.15, 0.2) is 24.3 Å². The van der Waals surface area contributed by atoms with Gasteiger partial charge in [0, 0.05) is 6.54 Å². The first-order chi connectivity index (χ1) is 11.8. The van der Waals surface area contributed by atoms with Gasteiger partial charge < -0.3 is 9.84 Å². The lowest BCUT2D eigenvalue weighted by Gasteiger charge is -2.34. The highest BCUT2D eigenvalue weighted by Crippen LogP contribution is 2.38. The number of esters is 1. The average Bonchev–Trinajstić information content (AvgIpc) is 2.60. The monoisotopic (exact) mass is 369 g/mol. The van der Waals surface area contributed by atoms with Gasteiger partial charge in [-0.1, -0.05) is 31.4 Å². The van der Waals surface area contributed by atoms with Gasteiger partial charge in [0.2, 0.25) is 10.0 Å². The SMILES string of the molecule is COC(=O)C1(CS(=O)(=O)NCc2ccc(C(=O)O)cc2)CCCCC1. The Kier molecular flexibility index (Phi) is 6.18. The highest BCUT2D eigenvalue weighted by Gasteiger charge is 2.44. The van der Waals surface area contributed by atoms with E-state index in [4.69, 9.17) is 9.84 Å². The molecule has 7 nitrogen and oxygen atoms in total. The Balaban J connectivity index is 2.04. The molecule has 8 heteroatoms. The first kappa shape index (κ1) is 19.4. The molecule has 1 aliphatic carbocycles. The Morgan fingerprint density at radius 2 is 1.76 bits per heavy atom. The van der Waals surface area contributed by atoms with Crippen molar-refractivity contribution in [3.8, 4) is 0 Å². The maximum absolute atomic E-state index is 12.5. The van der Waals surface area contributed by atoms with Crippen molar-refractivity contribution in [2.24, 2.45) is 5.41 Å². The Morgan fingerprint density at radius 1 is 1.16 bits per heavy atom. The van der Waals surface area contributed by atoms with Crippen LogP contribution in [0.5, 0.6) is 0 Å². The molecule has 1 fully saturated rings. The number of hydrogen-bond acceptors (Lipinski definition) is 5. The zero-order valence-corrected chi connectivity index (χ0v) is 15.0. The second kappa shape index (κ2) is 7.97. The summed E-state index contributed by atoms with van der Waals surface area (Å²) in [4.78, 5) is 23.0. The molecule has 0 unspecified atom stereocenters. The van der Waals surface area contributed by atoms with E-state index in [1.54, 1.807) is 12.1 Å². The standard InChI is InChI=1S/C17H23NO6S/c1-24-16(21)17(9-3-2-4-10-17)12-25(22,23)18-11-13-5-7-14(8-6-13)15(19)20/h5-8,18H,2-4,9-12H2,1H3,(H,19,20). The Bertz CT molecular complexity index is 720. The van der Waals surface area contributed by atoms with Crippen molar-refractivity contribution in [3.63, 3.8) is 0 Å². The van der Waals surface area contributed by atoms with E-state index >= 15 is 0 Å². The van der Waals surface area contributed by atoms with Gasteiger partial charge in [-0.25, -0.2) is 17.9 Å². The first-order valence-corrected chi connectivity index (χ1v) is 9.81. The summed E-state index contributed by atoms with van der Waals surface area (Å²) >= 11 is 0. The van der Waals surface area contributed by atoms with Gasteiger partial charge in [0.1, 0.15) is 0 Å². The van der Waals surface area contributed by atoms with Gasteiger partial charge in [0.25, 0.3) is 0 Å². The van der Waals surface area contributed by atoms with Crippen molar-refractivity contribution in [2.75, 3.05) is 12.9 Å². The molecule has 0 saturated heterocycles. The molecule has 0 amide bonds. The largest absolute Gasteiger partial charge is 0.478 e. The first-order valence-electron chi connectivity index (χ1n) is 8.16. The maximum atomic E-state index is 12.5. The summed E-state index contributed by atoms with van der Waals surface area (Å²) in [7, 11) is -2.41. The number of sulfonamides is 1. The van der Waals surface area contributed by atoms with Crippen LogP contribution in [-0.2, 0) is 26.1 Å². The molecule has 1 saturated carbocycles. The number of benzene rings is 1. The number of rotatable bonds is 7. The van der Waals surface area contributed by atoms with Crippen LogP contribution < -0.4 is 4.72 Å². The fourth-order valence-electron chi connectivity index (χ4n) is 3.23. The Morgan fingerprint density at radius 3 is 2.28 bits per heavy atom. The molecule has 25 heavy (non-hydrogen) atoms. The van der Waals surface area contributed by atoms with Crippen LogP contribution in [-0.4, -0.2) is 38.3 Å². The maximum Gasteiger partial charge on any atom is 0.335 e. The molecule has 2 rings (SSSR count). The smallest absolute Gasteiger partial charge is 0.335 e. The minimum atomic E-state index is -3.69. The number of ether oxygens (including phenoxy) is 1. The highest BCUT2D eigenvalue weighted by atomic mass is 32.2. The number of methoxy groups -OCH3 is 1. The number of carboxylic acids is 1. The molecule has 1 aromatic rings. The van der Waals surface area contributed by atoms with E-state index in [0.29, 0.717) is 18.4 Å². The van der Waals surface area contributed by atoms with Crippen molar-refractivity contribution in [1.82, 2.24) is 4.72 Å². The molecule has 0 radical (unpaired) electrons. The quantitative estimate of drug-likeness (QED) is 0.711. The predicted molar refractivity (Wildman–Crippen MR) is 91.6 cm³/mol. The van der Waals surface area contributed by atoms with Crippen LogP contribution in [0.2, 0.25) is 0 Å². The van der Waals surface area contributed by atoms with E-state index in [0.717, 1.165) is 19.3 Å². The van der Waals surface area contributed by atoms with Gasteiger partial charge in [-0.05, 0) is 30.5 Å². The van der Waals surface area contributed by atoms with Crippen molar-refractivity contribution in [2.45, 2.75) is 38.6 Å². The van der Waals surface area contributed by atoms with E-state index in [1.807, 2.05) is 0 Å². The van der Waals surface area contributed by atoms with Crippen LogP contribution in [0.1, 0.15) is 48.0 Å². The Hall–Kier alpha value is -1.93. The van der Waals surface area contributed by atoms with E-state index in [1.165, 1.54) is 19.2 Å². The number of nitrogens with one attached hydrogen (secondary N) is 1. The molecular weight excluding hydrogens is 346 g/mol. The number of hydrogen-bond donors (Lipinski definition) is 2. The third-order valence-electron chi connectivity index (χ3n) is 4.59. The summed E-state index contributed by atoms with van der Waals surface area (Å²) < 4.78 is 32.3. The molecule has 0 aromatic heterocycles. The summed E-state index contributed by atoms with van der Waals surface area (Å²) in [6.07, 6.45) is 3.62. The third-order valence-corrected chi connectivity index (χ3v) is 6.11. The van der Waals surface area contributed by atoms with Crippen molar-refractivity contribution in [3.05, 3.63) is 35.4 Å². The van der Waals surface area contributed by atoms with Gasteiger partial charge in [-0.2, -0.15) is 0 Å². The molecule has 138 valence electrons. The number of carbonyl (C=O) groups excluding carboxylic acids is 1. The zero-order chi connectivity index (χ0) is 18.5. The van der Waals surface area contributed by atoms with Gasteiger partial charge >= 0.3 is 11.9 Å². The van der Waals surface area contributed by atoms with Crippen LogP contribution in [0, 0.1) is 5.41 Å². The molecule has 0 heterocycles. The van der Waals surface area contributed by atoms with E-state index < -0.39 is 27.4 Å². The van der Waals surface area contributed by atoms with Crippen LogP contribution >= 0.6 is 0 Å².